The Balaban J connectivity index is 1.74. The fourth-order valence-electron chi connectivity index (χ4n) is 6.68. The van der Waals surface area contributed by atoms with Crippen molar-refractivity contribution < 1.29 is 33.0 Å². The quantitative estimate of drug-likeness (QED) is 0.476. The monoisotopic (exact) mass is 446 g/mol. The normalized spacial score (nSPS) is 39.1. The number of cyclic esters (lactones) is 1. The van der Waals surface area contributed by atoms with Crippen molar-refractivity contribution in [2.75, 3.05) is 13.7 Å². The van der Waals surface area contributed by atoms with E-state index in [1.165, 1.54) is 7.11 Å². The number of hydrogen-bond donors (Lipinski definition) is 0. The molecule has 0 N–H and O–H groups in total. The summed E-state index contributed by atoms with van der Waals surface area (Å²) < 4.78 is 22.2. The van der Waals surface area contributed by atoms with Crippen LogP contribution in [0.2, 0.25) is 0 Å². The number of Topliss-reactive ketones (excluding diaryl/α,β-unsaturated/α-hetero) is 1. The minimum absolute atomic E-state index is 0.0107. The topological polar surface area (TPSA) is 92.0 Å². The summed E-state index contributed by atoms with van der Waals surface area (Å²) >= 11 is 0. The summed E-state index contributed by atoms with van der Waals surface area (Å²) in [5, 5.41) is 0. The number of hydrogen-bond acceptors (Lipinski definition) is 7. The largest absolute Gasteiger partial charge is 0.472 e. The van der Waals surface area contributed by atoms with Gasteiger partial charge in [0.25, 0.3) is 0 Å². The van der Waals surface area contributed by atoms with Crippen molar-refractivity contribution in [1.82, 2.24) is 0 Å². The van der Waals surface area contributed by atoms with Gasteiger partial charge in [0, 0.05) is 18.1 Å². The van der Waals surface area contributed by atoms with Gasteiger partial charge < -0.3 is 18.6 Å². The Bertz CT molecular complexity index is 862. The van der Waals surface area contributed by atoms with E-state index in [9.17, 15) is 14.4 Å². The van der Waals surface area contributed by atoms with Crippen LogP contribution in [-0.2, 0) is 28.6 Å². The van der Waals surface area contributed by atoms with E-state index in [4.69, 9.17) is 18.6 Å². The molecule has 7 atom stereocenters. The summed E-state index contributed by atoms with van der Waals surface area (Å²) in [7, 11) is 1.39. The molecule has 2 heterocycles. The minimum atomic E-state index is -0.662. The molecule has 0 bridgehead atoms. The zero-order valence-electron chi connectivity index (χ0n) is 19.4. The van der Waals surface area contributed by atoms with Crippen molar-refractivity contribution in [1.29, 1.82) is 0 Å². The molecule has 1 aliphatic heterocycles. The van der Waals surface area contributed by atoms with Gasteiger partial charge in [-0.3, -0.25) is 14.4 Å². The first kappa shape index (κ1) is 23.0. The van der Waals surface area contributed by atoms with E-state index in [1.54, 1.807) is 18.6 Å². The van der Waals surface area contributed by atoms with Crippen LogP contribution in [0.25, 0.3) is 0 Å². The Morgan fingerprint density at radius 1 is 1.25 bits per heavy atom. The number of rotatable bonds is 6. The van der Waals surface area contributed by atoms with Gasteiger partial charge in [-0.1, -0.05) is 27.2 Å². The lowest BCUT2D eigenvalue weighted by Gasteiger charge is -2.61. The van der Waals surface area contributed by atoms with E-state index in [-0.39, 0.29) is 23.6 Å². The van der Waals surface area contributed by atoms with E-state index in [1.807, 2.05) is 13.8 Å². The highest BCUT2D eigenvalue weighted by Crippen LogP contribution is 2.65. The van der Waals surface area contributed by atoms with Crippen LogP contribution in [0.3, 0.4) is 0 Å². The van der Waals surface area contributed by atoms with Crippen molar-refractivity contribution in [2.45, 2.75) is 71.5 Å². The van der Waals surface area contributed by atoms with E-state index in [2.05, 4.69) is 6.92 Å². The number of fused-ring (bicyclic) bond motifs is 3. The highest BCUT2D eigenvalue weighted by atomic mass is 16.5. The van der Waals surface area contributed by atoms with Gasteiger partial charge >= 0.3 is 11.9 Å². The van der Waals surface area contributed by atoms with Gasteiger partial charge in [0.1, 0.15) is 12.2 Å². The van der Waals surface area contributed by atoms with Gasteiger partial charge in [0.2, 0.25) is 0 Å². The molecule has 0 aromatic carbocycles. The average molecular weight is 447 g/mol. The Morgan fingerprint density at radius 3 is 2.69 bits per heavy atom. The number of carbonyl (C=O) groups excluding carboxylic acids is 3. The third-order valence-corrected chi connectivity index (χ3v) is 8.32. The average Bonchev–Trinajstić information content (AvgIpc) is 3.29. The van der Waals surface area contributed by atoms with Gasteiger partial charge in [-0.25, -0.2) is 0 Å². The van der Waals surface area contributed by atoms with Gasteiger partial charge in [0.15, 0.2) is 5.78 Å². The number of unbranched alkanes of at least 4 members (excludes halogenated alkanes) is 1. The molecule has 32 heavy (non-hydrogen) atoms. The summed E-state index contributed by atoms with van der Waals surface area (Å²) in [5.41, 5.74) is -0.465. The minimum Gasteiger partial charge on any atom is -0.472 e. The van der Waals surface area contributed by atoms with E-state index >= 15 is 0 Å². The molecule has 1 saturated heterocycles. The van der Waals surface area contributed by atoms with Gasteiger partial charge in [-0.15, -0.1) is 0 Å². The predicted molar refractivity (Wildman–Crippen MR) is 114 cm³/mol. The number of ketones is 1. The molecule has 3 fully saturated rings. The van der Waals surface area contributed by atoms with Crippen molar-refractivity contribution in [3.63, 3.8) is 0 Å². The maximum Gasteiger partial charge on any atom is 0.310 e. The first-order valence-electron chi connectivity index (χ1n) is 11.7. The SMILES string of the molecule is CCCCO[C@H]1C[C@@H](C(=O)OC)[C@]2(C)CC[C@H]3C(=O)O[C@H](c4ccoc4)C[C@]3(C)C2C1=O. The molecule has 7 nitrogen and oxygen atoms in total. The van der Waals surface area contributed by atoms with Crippen molar-refractivity contribution in [3.05, 3.63) is 24.2 Å². The molecule has 0 radical (unpaired) electrons. The first-order valence-corrected chi connectivity index (χ1v) is 11.7. The highest BCUT2D eigenvalue weighted by Gasteiger charge is 2.67. The Morgan fingerprint density at radius 2 is 2.03 bits per heavy atom. The lowest BCUT2D eigenvalue weighted by Crippen LogP contribution is -2.64. The van der Waals surface area contributed by atoms with Crippen LogP contribution in [0.5, 0.6) is 0 Å². The third kappa shape index (κ3) is 3.58. The zero-order chi connectivity index (χ0) is 23.1. The second kappa shape index (κ2) is 8.65. The molecule has 1 aromatic rings. The Kier molecular flexibility index (Phi) is 6.23. The van der Waals surface area contributed by atoms with Gasteiger partial charge in [0.05, 0.1) is 31.5 Å². The highest BCUT2D eigenvalue weighted by molar-refractivity contribution is 5.92. The number of furan rings is 1. The molecule has 2 aliphatic carbocycles. The summed E-state index contributed by atoms with van der Waals surface area (Å²) in [6.07, 6.45) is 5.83. The van der Waals surface area contributed by atoms with Crippen LogP contribution in [-0.4, -0.2) is 37.5 Å². The summed E-state index contributed by atoms with van der Waals surface area (Å²) in [4.78, 5) is 39.9. The van der Waals surface area contributed by atoms with Gasteiger partial charge in [-0.05, 0) is 49.0 Å². The number of methoxy groups -OCH3 is 1. The van der Waals surface area contributed by atoms with Crippen LogP contribution in [0.15, 0.2) is 23.0 Å². The van der Waals surface area contributed by atoms with E-state index in [0.29, 0.717) is 32.3 Å². The smallest absolute Gasteiger partial charge is 0.310 e. The lowest BCUT2D eigenvalue weighted by atomic mass is 9.43. The van der Waals surface area contributed by atoms with Crippen LogP contribution in [0, 0.1) is 28.6 Å². The Labute approximate surface area is 189 Å². The van der Waals surface area contributed by atoms with Crippen molar-refractivity contribution in [2.24, 2.45) is 28.6 Å². The van der Waals surface area contributed by atoms with Crippen molar-refractivity contribution >= 4 is 17.7 Å². The molecule has 1 aromatic heterocycles. The molecule has 0 amide bonds. The summed E-state index contributed by atoms with van der Waals surface area (Å²) in [6, 6.07) is 1.79. The molecule has 0 spiro atoms. The molecular formula is C25H34O7. The van der Waals surface area contributed by atoms with Crippen LogP contribution >= 0.6 is 0 Å². The first-order chi connectivity index (χ1) is 15.3. The predicted octanol–water partition coefficient (Wildman–Crippen LogP) is 4.25. The summed E-state index contributed by atoms with van der Waals surface area (Å²) in [6.45, 7) is 6.59. The maximum absolute atomic E-state index is 13.9. The summed E-state index contributed by atoms with van der Waals surface area (Å²) in [5.74, 6) is -1.91. The maximum atomic E-state index is 13.9. The number of carbonyl (C=O) groups is 3. The fourth-order valence-corrected chi connectivity index (χ4v) is 6.68. The van der Waals surface area contributed by atoms with Crippen LogP contribution < -0.4 is 0 Å². The Hall–Kier alpha value is -2.15. The third-order valence-electron chi connectivity index (χ3n) is 8.32. The van der Waals surface area contributed by atoms with Crippen LogP contribution in [0.1, 0.15) is 71.0 Å². The lowest BCUT2D eigenvalue weighted by molar-refractivity contribution is -0.209. The standard InChI is InChI=1S/C25H34O7/c1-5-6-10-31-18-12-17(22(27)29-4)24(2)9-7-16-23(28)32-19(15-8-11-30-14-15)13-25(16,3)21(24)20(18)26/h8,11,14,16-19,21H,5-7,9-10,12-13H2,1-4H3/t16-,17-,18-,19-,21?,24-,25-/m0/s1. The second-order valence-corrected chi connectivity index (χ2v) is 10.1. The molecule has 2 saturated carbocycles. The molecule has 176 valence electrons. The zero-order valence-corrected chi connectivity index (χ0v) is 19.4. The number of esters is 2. The van der Waals surface area contributed by atoms with E-state index < -0.39 is 34.9 Å². The molecule has 4 rings (SSSR count). The second-order valence-electron chi connectivity index (χ2n) is 10.1. The van der Waals surface area contributed by atoms with Crippen LogP contribution in [0.4, 0.5) is 0 Å². The molecular weight excluding hydrogens is 412 g/mol. The van der Waals surface area contributed by atoms with Gasteiger partial charge in [-0.2, -0.15) is 0 Å². The molecule has 3 aliphatic rings. The van der Waals surface area contributed by atoms with E-state index in [0.717, 1.165) is 18.4 Å². The number of ether oxygens (including phenoxy) is 3. The molecule has 1 unspecified atom stereocenters. The fraction of sp³-hybridized carbons (Fsp3) is 0.720. The van der Waals surface area contributed by atoms with Crippen molar-refractivity contribution in [3.8, 4) is 0 Å². The molecule has 7 heteroatoms.